The van der Waals surface area contributed by atoms with Gasteiger partial charge in [-0.25, -0.2) is 18.7 Å². The maximum Gasteiger partial charge on any atom is 0.258 e. The number of ether oxygens (including phenoxy) is 2. The molecule has 1 aliphatic heterocycles. The van der Waals surface area contributed by atoms with E-state index in [1.807, 2.05) is 6.07 Å². The van der Waals surface area contributed by atoms with Gasteiger partial charge in [-0.3, -0.25) is 14.4 Å². The van der Waals surface area contributed by atoms with Crippen LogP contribution in [-0.2, 0) is 9.59 Å². The Morgan fingerprint density at radius 2 is 1.82 bits per heavy atom. The van der Waals surface area contributed by atoms with E-state index in [1.165, 1.54) is 36.5 Å². The van der Waals surface area contributed by atoms with Crippen LogP contribution in [0.2, 0.25) is 0 Å². The highest BCUT2D eigenvalue weighted by Gasteiger charge is 2.58. The molecule has 45 heavy (non-hydrogen) atoms. The van der Waals surface area contributed by atoms with Gasteiger partial charge in [0.05, 0.1) is 18.4 Å². The number of aromatic nitrogens is 3. The molecular formula is C29H29F2N7O7. The minimum Gasteiger partial charge on any atom is -0.487 e. The summed E-state index contributed by atoms with van der Waals surface area (Å²) in [5.74, 6) is -3.03. The van der Waals surface area contributed by atoms with Crippen molar-refractivity contribution < 1.29 is 42.9 Å². The topological polar surface area (TPSA) is 200 Å². The summed E-state index contributed by atoms with van der Waals surface area (Å²) in [5.41, 5.74) is -1.61. The molecule has 1 aliphatic rings. The number of benzene rings is 1. The molecule has 0 radical (unpaired) electrons. The molecule has 1 amide bonds. The van der Waals surface area contributed by atoms with Crippen molar-refractivity contribution in [2.24, 2.45) is 5.41 Å². The third kappa shape index (κ3) is 6.70. The number of carbonyl (C=O) groups excluding carboxylic acids is 3. The van der Waals surface area contributed by atoms with Gasteiger partial charge in [0.1, 0.15) is 46.9 Å². The van der Waals surface area contributed by atoms with E-state index in [4.69, 9.17) is 9.47 Å². The number of nitriles is 1. The number of rotatable bonds is 11. The van der Waals surface area contributed by atoms with Crippen LogP contribution in [0, 0.1) is 16.7 Å². The molecule has 0 spiro atoms. The fourth-order valence-electron chi connectivity index (χ4n) is 4.89. The summed E-state index contributed by atoms with van der Waals surface area (Å²) < 4.78 is 38.7. The first kappa shape index (κ1) is 32.8. The molecule has 3 aromatic rings. The fourth-order valence-corrected chi connectivity index (χ4v) is 4.89. The third-order valence-electron chi connectivity index (χ3n) is 7.13. The van der Waals surface area contributed by atoms with Gasteiger partial charge in [-0.1, -0.05) is 0 Å². The molecule has 1 aromatic carbocycles. The lowest BCUT2D eigenvalue weighted by atomic mass is 9.70. The molecule has 0 aliphatic carbocycles. The number of amides is 1. The highest BCUT2D eigenvalue weighted by atomic mass is 19.1. The van der Waals surface area contributed by atoms with Crippen LogP contribution in [0.5, 0.6) is 11.6 Å². The summed E-state index contributed by atoms with van der Waals surface area (Å²) in [7, 11) is 4.59. The minimum absolute atomic E-state index is 0.0675. The maximum atomic E-state index is 13.8. The zero-order chi connectivity index (χ0) is 32.9. The smallest absolute Gasteiger partial charge is 0.258 e. The van der Waals surface area contributed by atoms with Crippen LogP contribution in [-0.4, -0.2) is 101 Å². The standard InChI is InChI=1S/C29H29F2N7O7/c1-38(2)28(43)17-5-7-21(37-27(17)44-3)36-22-11-18(34-14-35-22)15-4-6-19(16(10-15)12-32)45-20-8-9-33-13-29(20,23(39)25(30)41)24(40)26(31)42/h4-7,10-11,14,20,25-26,33,41-42H,8-9,13H2,1-3H3,(H,34,35,36,37)/t20?,25-,26-/m1/s1. The van der Waals surface area contributed by atoms with Crippen LogP contribution in [0.1, 0.15) is 22.3 Å². The average Bonchev–Trinajstić information content (AvgIpc) is 3.04. The SMILES string of the molecule is COc1nc(Nc2cc(-c3ccc(OC4CCNCC4(C(=O)[C@@H](O)F)C(=O)[C@@H](O)F)c(C#N)c3)ncn2)ccc1C(=O)N(C)C. The summed E-state index contributed by atoms with van der Waals surface area (Å²) in [6.07, 6.45) is -6.67. The second-order valence-corrected chi connectivity index (χ2v) is 10.1. The predicted molar refractivity (Wildman–Crippen MR) is 153 cm³/mol. The van der Waals surface area contributed by atoms with Gasteiger partial charge in [-0.15, -0.1) is 0 Å². The van der Waals surface area contributed by atoms with E-state index in [9.17, 15) is 38.6 Å². The Hall–Kier alpha value is -5.11. The number of carbonyl (C=O) groups is 3. The van der Waals surface area contributed by atoms with Crippen LogP contribution < -0.4 is 20.1 Å². The molecule has 3 heterocycles. The number of Topliss-reactive ketones (excluding diaryl/α,β-unsaturated/α-hetero) is 2. The van der Waals surface area contributed by atoms with Gasteiger partial charge in [0.15, 0.2) is 0 Å². The summed E-state index contributed by atoms with van der Waals surface area (Å²) in [6.45, 7) is -0.437. The number of halogens is 2. The fraction of sp³-hybridized carbons (Fsp3) is 0.345. The number of nitrogens with one attached hydrogen (secondary N) is 2. The lowest BCUT2D eigenvalue weighted by molar-refractivity contribution is -0.169. The van der Waals surface area contributed by atoms with E-state index < -0.39 is 42.3 Å². The summed E-state index contributed by atoms with van der Waals surface area (Å²) in [6, 6.07) is 10.9. The minimum atomic E-state index is -3.15. The van der Waals surface area contributed by atoms with Crippen molar-refractivity contribution in [3.05, 3.63) is 53.9 Å². The van der Waals surface area contributed by atoms with Crippen LogP contribution in [0.4, 0.5) is 20.4 Å². The van der Waals surface area contributed by atoms with Crippen LogP contribution in [0.15, 0.2) is 42.7 Å². The zero-order valence-electron chi connectivity index (χ0n) is 24.3. The summed E-state index contributed by atoms with van der Waals surface area (Å²) in [5, 5.41) is 34.3. The van der Waals surface area contributed by atoms with Crippen molar-refractivity contribution in [3.8, 4) is 29.0 Å². The van der Waals surface area contributed by atoms with Gasteiger partial charge in [0, 0.05) is 32.3 Å². The summed E-state index contributed by atoms with van der Waals surface area (Å²) in [4.78, 5) is 51.8. The molecule has 4 rings (SSSR count). The number of hydrogen-bond acceptors (Lipinski definition) is 13. The molecule has 14 nitrogen and oxygen atoms in total. The summed E-state index contributed by atoms with van der Waals surface area (Å²) >= 11 is 0. The lowest BCUT2D eigenvalue weighted by Gasteiger charge is -2.41. The molecule has 4 N–H and O–H groups in total. The van der Waals surface area contributed by atoms with Crippen molar-refractivity contribution in [2.75, 3.05) is 39.6 Å². The Bertz CT molecular complexity index is 1630. The quantitative estimate of drug-likeness (QED) is 0.223. The van der Waals surface area contributed by atoms with Crippen LogP contribution >= 0.6 is 0 Å². The Balaban J connectivity index is 1.62. The van der Waals surface area contributed by atoms with Gasteiger partial charge in [-0.05, 0) is 43.3 Å². The van der Waals surface area contributed by atoms with Crippen molar-refractivity contribution in [3.63, 3.8) is 0 Å². The molecular weight excluding hydrogens is 596 g/mol. The molecule has 0 bridgehead atoms. The normalized spacial score (nSPS) is 16.9. The number of alkyl halides is 2. The number of hydrogen-bond donors (Lipinski definition) is 4. The van der Waals surface area contributed by atoms with E-state index in [-0.39, 0.29) is 41.6 Å². The molecule has 1 fully saturated rings. The number of ketones is 2. The van der Waals surface area contributed by atoms with Crippen LogP contribution in [0.25, 0.3) is 11.3 Å². The van der Waals surface area contributed by atoms with Crippen molar-refractivity contribution in [1.82, 2.24) is 25.2 Å². The van der Waals surface area contributed by atoms with E-state index in [0.717, 1.165) is 0 Å². The molecule has 0 saturated carbocycles. The number of nitrogens with zero attached hydrogens (tertiary/aromatic N) is 5. The van der Waals surface area contributed by atoms with Gasteiger partial charge >= 0.3 is 0 Å². The van der Waals surface area contributed by atoms with Crippen molar-refractivity contribution in [2.45, 2.75) is 25.2 Å². The maximum absolute atomic E-state index is 13.8. The van der Waals surface area contributed by atoms with Gasteiger partial charge in [-0.2, -0.15) is 10.2 Å². The zero-order valence-corrected chi connectivity index (χ0v) is 24.3. The van der Waals surface area contributed by atoms with Crippen molar-refractivity contribution >= 4 is 29.1 Å². The molecule has 236 valence electrons. The lowest BCUT2D eigenvalue weighted by Crippen LogP contribution is -2.64. The first-order chi connectivity index (χ1) is 21.4. The Morgan fingerprint density at radius 3 is 2.44 bits per heavy atom. The van der Waals surface area contributed by atoms with Gasteiger partial charge < -0.3 is 35.2 Å². The number of pyridine rings is 1. The largest absolute Gasteiger partial charge is 0.487 e. The Morgan fingerprint density at radius 1 is 1.11 bits per heavy atom. The van der Waals surface area contributed by atoms with Crippen LogP contribution in [0.3, 0.4) is 0 Å². The number of methoxy groups -OCH3 is 1. The molecule has 1 saturated heterocycles. The van der Waals surface area contributed by atoms with E-state index in [1.54, 1.807) is 32.3 Å². The van der Waals surface area contributed by atoms with Crippen molar-refractivity contribution in [1.29, 1.82) is 5.26 Å². The second kappa shape index (κ2) is 13.7. The highest BCUT2D eigenvalue weighted by Crippen LogP contribution is 2.37. The average molecular weight is 626 g/mol. The molecule has 2 aromatic heterocycles. The number of aliphatic hydroxyl groups is 2. The van der Waals surface area contributed by atoms with Gasteiger partial charge in [0.2, 0.25) is 17.4 Å². The first-order valence-electron chi connectivity index (χ1n) is 13.4. The van der Waals surface area contributed by atoms with E-state index in [2.05, 4.69) is 25.6 Å². The van der Waals surface area contributed by atoms with Gasteiger partial charge in [0.25, 0.3) is 18.6 Å². The molecule has 16 heteroatoms. The highest BCUT2D eigenvalue weighted by molar-refractivity contribution is 6.10. The third-order valence-corrected chi connectivity index (χ3v) is 7.13. The number of piperidine rings is 1. The number of aliphatic hydroxyl groups excluding tert-OH is 2. The first-order valence-corrected chi connectivity index (χ1v) is 13.4. The Labute approximate surface area is 255 Å². The molecule has 3 atom stereocenters. The molecule has 1 unspecified atom stereocenters. The van der Waals surface area contributed by atoms with E-state index >= 15 is 0 Å². The Kier molecular flexibility index (Phi) is 9.97. The predicted octanol–water partition coefficient (Wildman–Crippen LogP) is 1.31. The van der Waals surface area contributed by atoms with E-state index in [0.29, 0.717) is 22.9 Å². The second-order valence-electron chi connectivity index (χ2n) is 10.1. The monoisotopic (exact) mass is 625 g/mol. The number of anilines is 2.